The van der Waals surface area contributed by atoms with Crippen LogP contribution in [0.5, 0.6) is 5.75 Å². The van der Waals surface area contributed by atoms with Crippen LogP contribution >= 0.6 is 0 Å². The van der Waals surface area contributed by atoms with Gasteiger partial charge in [0, 0.05) is 24.0 Å². The fourth-order valence-electron chi connectivity index (χ4n) is 3.80. The van der Waals surface area contributed by atoms with Gasteiger partial charge < -0.3 is 19.7 Å². The minimum atomic E-state index is -0.138. The first-order chi connectivity index (χ1) is 12.3. The molecule has 1 saturated heterocycles. The Hall–Kier alpha value is -2.53. The van der Waals surface area contributed by atoms with Crippen molar-refractivity contribution in [1.82, 2.24) is 0 Å². The van der Waals surface area contributed by atoms with Crippen molar-refractivity contribution >= 4 is 17.3 Å². The summed E-state index contributed by atoms with van der Waals surface area (Å²) in [4.78, 5) is 15.3. The Balaban J connectivity index is 1.59. The van der Waals surface area contributed by atoms with Gasteiger partial charge in [0.05, 0.1) is 32.3 Å². The Bertz CT molecular complexity index is 777. The van der Waals surface area contributed by atoms with Crippen molar-refractivity contribution in [2.24, 2.45) is 5.92 Å². The Labute approximate surface area is 147 Å². The molecule has 1 amide bonds. The van der Waals surface area contributed by atoms with Crippen LogP contribution in [0.25, 0.3) is 0 Å². The van der Waals surface area contributed by atoms with Crippen molar-refractivity contribution in [2.75, 3.05) is 37.1 Å². The van der Waals surface area contributed by atoms with Gasteiger partial charge in [0.2, 0.25) is 5.91 Å². The van der Waals surface area contributed by atoms with Crippen LogP contribution in [-0.4, -0.2) is 38.8 Å². The molecule has 1 N–H and O–H groups in total. The van der Waals surface area contributed by atoms with Crippen LogP contribution < -0.4 is 15.0 Å². The molecule has 2 unspecified atom stereocenters. The lowest BCUT2D eigenvalue weighted by atomic mass is 9.84. The highest BCUT2D eigenvalue weighted by Gasteiger charge is 2.40. The number of amides is 1. The number of morpholine rings is 1. The molecular weight excluding hydrogens is 316 g/mol. The number of nitrogens with one attached hydrogen (secondary N) is 1. The fourth-order valence-corrected chi connectivity index (χ4v) is 3.80. The summed E-state index contributed by atoms with van der Waals surface area (Å²) < 4.78 is 10.9. The van der Waals surface area contributed by atoms with E-state index in [1.165, 1.54) is 11.3 Å². The van der Waals surface area contributed by atoms with Crippen LogP contribution in [0, 0.1) is 5.92 Å². The Morgan fingerprint density at radius 3 is 3.00 bits per heavy atom. The third-order valence-corrected chi connectivity index (χ3v) is 5.04. The number of rotatable bonds is 3. The average Bonchev–Trinajstić information content (AvgIpc) is 2.67. The number of fused-ring (bicyclic) bond motifs is 3. The monoisotopic (exact) mass is 338 g/mol. The number of carbonyl (C=O) groups is 1. The first-order valence-electron chi connectivity index (χ1n) is 8.63. The van der Waals surface area contributed by atoms with Crippen LogP contribution in [0.4, 0.5) is 11.4 Å². The molecular formula is C20H22N2O3. The number of methoxy groups -OCH3 is 1. The van der Waals surface area contributed by atoms with Crippen LogP contribution in [0.2, 0.25) is 0 Å². The summed E-state index contributed by atoms with van der Waals surface area (Å²) in [7, 11) is 1.62. The van der Waals surface area contributed by atoms with E-state index in [-0.39, 0.29) is 17.9 Å². The van der Waals surface area contributed by atoms with Crippen LogP contribution in [0.3, 0.4) is 0 Å². The zero-order valence-electron chi connectivity index (χ0n) is 14.3. The molecule has 0 aromatic heterocycles. The second-order valence-corrected chi connectivity index (χ2v) is 6.50. The van der Waals surface area contributed by atoms with Crippen molar-refractivity contribution in [3.63, 3.8) is 0 Å². The summed E-state index contributed by atoms with van der Waals surface area (Å²) in [6.07, 6.45) is 0.733. The third kappa shape index (κ3) is 3.07. The second kappa shape index (κ2) is 6.76. The molecule has 2 aliphatic rings. The van der Waals surface area contributed by atoms with E-state index in [9.17, 15) is 4.79 Å². The SMILES string of the molecule is COc1cccc(NC(=O)C2Cc3ccccc3N3CCOCC23)c1. The molecule has 5 heteroatoms. The topological polar surface area (TPSA) is 50.8 Å². The number of hydrogen-bond donors (Lipinski definition) is 1. The summed E-state index contributed by atoms with van der Waals surface area (Å²) >= 11 is 0. The number of ether oxygens (including phenoxy) is 2. The van der Waals surface area contributed by atoms with Crippen molar-refractivity contribution < 1.29 is 14.3 Å². The number of nitrogens with zero attached hydrogens (tertiary/aromatic N) is 1. The van der Waals surface area contributed by atoms with Crippen molar-refractivity contribution in [3.05, 3.63) is 54.1 Å². The Kier molecular flexibility index (Phi) is 4.32. The summed E-state index contributed by atoms with van der Waals surface area (Å²) in [6.45, 7) is 2.12. The third-order valence-electron chi connectivity index (χ3n) is 5.04. The van der Waals surface area contributed by atoms with Gasteiger partial charge in [-0.2, -0.15) is 0 Å². The van der Waals surface area contributed by atoms with E-state index in [2.05, 4.69) is 28.4 Å². The van der Waals surface area contributed by atoms with Gasteiger partial charge >= 0.3 is 0 Å². The van der Waals surface area contributed by atoms with Crippen LogP contribution in [0.15, 0.2) is 48.5 Å². The molecule has 5 nitrogen and oxygen atoms in total. The molecule has 2 heterocycles. The van der Waals surface area contributed by atoms with E-state index in [4.69, 9.17) is 9.47 Å². The highest BCUT2D eigenvalue weighted by atomic mass is 16.5. The zero-order chi connectivity index (χ0) is 17.2. The largest absolute Gasteiger partial charge is 0.497 e. The summed E-state index contributed by atoms with van der Waals surface area (Å²) in [6, 6.07) is 15.9. The van der Waals surface area contributed by atoms with Crippen LogP contribution in [0.1, 0.15) is 5.56 Å². The Morgan fingerprint density at radius 1 is 1.24 bits per heavy atom. The van der Waals surface area contributed by atoms with Gasteiger partial charge in [-0.3, -0.25) is 4.79 Å². The number of carbonyl (C=O) groups excluding carboxylic acids is 1. The summed E-state index contributed by atoms with van der Waals surface area (Å²) in [5.74, 6) is 0.624. The van der Waals surface area contributed by atoms with E-state index >= 15 is 0 Å². The van der Waals surface area contributed by atoms with E-state index in [1.54, 1.807) is 7.11 Å². The first kappa shape index (κ1) is 16.0. The zero-order valence-corrected chi connectivity index (χ0v) is 14.3. The maximum Gasteiger partial charge on any atom is 0.229 e. The van der Waals surface area contributed by atoms with Gasteiger partial charge in [-0.1, -0.05) is 24.3 Å². The highest BCUT2D eigenvalue weighted by Crippen LogP contribution is 2.35. The van der Waals surface area contributed by atoms with Gasteiger partial charge in [-0.15, -0.1) is 0 Å². The minimum absolute atomic E-state index is 0.0308. The first-order valence-corrected chi connectivity index (χ1v) is 8.63. The lowest BCUT2D eigenvalue weighted by molar-refractivity contribution is -0.121. The van der Waals surface area contributed by atoms with E-state index < -0.39 is 0 Å². The molecule has 0 spiro atoms. The number of para-hydroxylation sites is 1. The quantitative estimate of drug-likeness (QED) is 0.935. The summed E-state index contributed by atoms with van der Waals surface area (Å²) in [5, 5.41) is 3.05. The van der Waals surface area contributed by atoms with Gasteiger partial charge in [0.15, 0.2) is 0 Å². The van der Waals surface area contributed by atoms with E-state index in [1.807, 2.05) is 30.3 Å². The average molecular weight is 338 g/mol. The number of benzene rings is 2. The van der Waals surface area contributed by atoms with Gasteiger partial charge in [0.1, 0.15) is 5.75 Å². The van der Waals surface area contributed by atoms with Gasteiger partial charge in [-0.05, 0) is 30.2 Å². The van der Waals surface area contributed by atoms with Crippen molar-refractivity contribution in [3.8, 4) is 5.75 Å². The molecule has 0 radical (unpaired) electrons. The van der Waals surface area contributed by atoms with Crippen molar-refractivity contribution in [2.45, 2.75) is 12.5 Å². The predicted octanol–water partition coefficient (Wildman–Crippen LogP) is 2.71. The van der Waals surface area contributed by atoms with E-state index in [0.29, 0.717) is 13.2 Å². The van der Waals surface area contributed by atoms with Crippen molar-refractivity contribution in [1.29, 1.82) is 0 Å². The molecule has 4 rings (SSSR count). The molecule has 0 bridgehead atoms. The normalized spacial score (nSPS) is 21.9. The standard InChI is InChI=1S/C20H22N2O3/c1-24-16-7-4-6-15(12-16)21-20(23)17-11-14-5-2-3-8-18(14)22-9-10-25-13-19(17)22/h2-8,12,17,19H,9-11,13H2,1H3,(H,21,23). The second-order valence-electron chi connectivity index (χ2n) is 6.50. The number of hydrogen-bond acceptors (Lipinski definition) is 4. The smallest absolute Gasteiger partial charge is 0.229 e. The lowest BCUT2D eigenvalue weighted by Gasteiger charge is -2.45. The highest BCUT2D eigenvalue weighted by molar-refractivity contribution is 5.94. The Morgan fingerprint density at radius 2 is 2.12 bits per heavy atom. The maximum absolute atomic E-state index is 13.0. The summed E-state index contributed by atoms with van der Waals surface area (Å²) in [5.41, 5.74) is 3.22. The molecule has 25 heavy (non-hydrogen) atoms. The maximum atomic E-state index is 13.0. The molecule has 2 aromatic carbocycles. The van der Waals surface area contributed by atoms with Gasteiger partial charge in [-0.25, -0.2) is 0 Å². The molecule has 0 aliphatic carbocycles. The fraction of sp³-hybridized carbons (Fsp3) is 0.350. The molecule has 2 atom stereocenters. The molecule has 1 fully saturated rings. The number of anilines is 2. The minimum Gasteiger partial charge on any atom is -0.497 e. The molecule has 0 saturated carbocycles. The molecule has 2 aromatic rings. The van der Waals surface area contributed by atoms with E-state index in [0.717, 1.165) is 24.4 Å². The predicted molar refractivity (Wildman–Crippen MR) is 97.2 cm³/mol. The lowest BCUT2D eigenvalue weighted by Crippen LogP contribution is -2.55. The molecule has 130 valence electrons. The van der Waals surface area contributed by atoms with Crippen LogP contribution in [-0.2, 0) is 16.0 Å². The molecule has 2 aliphatic heterocycles. The van der Waals surface area contributed by atoms with Gasteiger partial charge in [0.25, 0.3) is 0 Å².